The number of benzene rings is 1. The van der Waals surface area contributed by atoms with Gasteiger partial charge in [-0.05, 0) is 49.9 Å². The van der Waals surface area contributed by atoms with Gasteiger partial charge in [0.05, 0.1) is 19.6 Å². The van der Waals surface area contributed by atoms with E-state index in [1.807, 2.05) is 23.1 Å². The van der Waals surface area contributed by atoms with Gasteiger partial charge < -0.3 is 15.0 Å². The fraction of sp³-hybridized carbons (Fsp3) is 0.600. The highest BCUT2D eigenvalue weighted by atomic mass is 16.5. The molecule has 1 aromatic rings. The molecule has 1 aliphatic carbocycles. The maximum absolute atomic E-state index is 12.3. The summed E-state index contributed by atoms with van der Waals surface area (Å²) in [5.74, 6) is 1.04. The van der Waals surface area contributed by atoms with Crippen LogP contribution >= 0.6 is 0 Å². The maximum Gasteiger partial charge on any atom is 0.234 e. The summed E-state index contributed by atoms with van der Waals surface area (Å²) in [6, 6.07) is 6.39. The van der Waals surface area contributed by atoms with Crippen LogP contribution in [0.5, 0.6) is 5.75 Å². The van der Waals surface area contributed by atoms with Gasteiger partial charge in [0, 0.05) is 32.2 Å². The predicted molar refractivity (Wildman–Crippen MR) is 100 cm³/mol. The number of nitrogens with zero attached hydrogens (tertiary/aromatic N) is 2. The quantitative estimate of drug-likeness (QED) is 0.801. The van der Waals surface area contributed by atoms with Gasteiger partial charge in [-0.3, -0.25) is 14.5 Å². The molecule has 3 rings (SSSR count). The van der Waals surface area contributed by atoms with Crippen LogP contribution in [0.2, 0.25) is 0 Å². The van der Waals surface area contributed by atoms with Crippen molar-refractivity contribution in [3.8, 4) is 5.75 Å². The first kappa shape index (κ1) is 18.7. The van der Waals surface area contributed by atoms with Crippen LogP contribution in [-0.4, -0.2) is 67.0 Å². The number of ether oxygens (including phenoxy) is 1. The lowest BCUT2D eigenvalue weighted by Gasteiger charge is -2.34. The number of amides is 2. The molecule has 2 aliphatic rings. The molecule has 1 aliphatic heterocycles. The van der Waals surface area contributed by atoms with E-state index in [2.05, 4.69) is 24.1 Å². The molecule has 1 saturated heterocycles. The van der Waals surface area contributed by atoms with Gasteiger partial charge in [-0.2, -0.15) is 0 Å². The molecule has 2 fully saturated rings. The molecule has 0 aromatic heterocycles. The average molecular weight is 359 g/mol. The first-order valence-electron chi connectivity index (χ1n) is 9.51. The summed E-state index contributed by atoms with van der Waals surface area (Å²) < 4.78 is 5.71. The van der Waals surface area contributed by atoms with E-state index in [9.17, 15) is 9.59 Å². The molecule has 1 saturated carbocycles. The van der Waals surface area contributed by atoms with E-state index in [4.69, 9.17) is 4.74 Å². The van der Waals surface area contributed by atoms with Crippen molar-refractivity contribution in [2.45, 2.75) is 39.2 Å². The first-order valence-corrected chi connectivity index (χ1v) is 9.51. The zero-order chi connectivity index (χ0) is 18.5. The smallest absolute Gasteiger partial charge is 0.234 e. The van der Waals surface area contributed by atoms with E-state index in [0.29, 0.717) is 38.7 Å². The standard InChI is InChI=1S/C20H29N3O3/c1-15-3-6-18(13-16(15)2)26-12-7-20(25)23-10-8-22(9-11-23)14-19(24)21-17-4-5-17/h3,6,13,17H,4-5,7-12,14H2,1-2H3,(H,21,24). The fourth-order valence-electron chi connectivity index (χ4n) is 3.08. The van der Waals surface area contributed by atoms with Crippen LogP contribution in [-0.2, 0) is 9.59 Å². The first-order chi connectivity index (χ1) is 12.5. The van der Waals surface area contributed by atoms with Crippen molar-refractivity contribution in [2.75, 3.05) is 39.3 Å². The van der Waals surface area contributed by atoms with Gasteiger partial charge in [0.2, 0.25) is 11.8 Å². The molecule has 1 heterocycles. The molecule has 142 valence electrons. The number of aryl methyl sites for hydroxylation is 2. The number of hydrogen-bond acceptors (Lipinski definition) is 4. The van der Waals surface area contributed by atoms with E-state index >= 15 is 0 Å². The second-order valence-corrected chi connectivity index (χ2v) is 7.34. The predicted octanol–water partition coefficient (Wildman–Crippen LogP) is 1.50. The summed E-state index contributed by atoms with van der Waals surface area (Å²) in [5.41, 5.74) is 2.42. The monoisotopic (exact) mass is 359 g/mol. The Morgan fingerprint density at radius 2 is 1.85 bits per heavy atom. The number of rotatable bonds is 7. The molecule has 1 N–H and O–H groups in total. The van der Waals surface area contributed by atoms with E-state index < -0.39 is 0 Å². The minimum Gasteiger partial charge on any atom is -0.493 e. The van der Waals surface area contributed by atoms with Crippen molar-refractivity contribution in [1.82, 2.24) is 15.1 Å². The van der Waals surface area contributed by atoms with Crippen LogP contribution in [0.3, 0.4) is 0 Å². The molecular formula is C20H29N3O3. The minimum atomic E-state index is 0.106. The molecule has 0 bridgehead atoms. The Labute approximate surface area is 155 Å². The number of carbonyl (C=O) groups is 2. The van der Waals surface area contributed by atoms with Crippen LogP contribution in [0.25, 0.3) is 0 Å². The number of piperazine rings is 1. The van der Waals surface area contributed by atoms with Gasteiger partial charge >= 0.3 is 0 Å². The van der Waals surface area contributed by atoms with E-state index in [-0.39, 0.29) is 11.8 Å². The van der Waals surface area contributed by atoms with Crippen molar-refractivity contribution in [2.24, 2.45) is 0 Å². The lowest BCUT2D eigenvalue weighted by atomic mass is 10.1. The summed E-state index contributed by atoms with van der Waals surface area (Å²) in [4.78, 5) is 28.2. The molecule has 0 radical (unpaired) electrons. The Kier molecular flexibility index (Phi) is 6.14. The Balaban J connectivity index is 1.34. The number of carbonyl (C=O) groups excluding carboxylic acids is 2. The van der Waals surface area contributed by atoms with Crippen LogP contribution in [0, 0.1) is 13.8 Å². The maximum atomic E-state index is 12.3. The molecule has 6 nitrogen and oxygen atoms in total. The van der Waals surface area contributed by atoms with E-state index in [1.165, 1.54) is 11.1 Å². The zero-order valence-electron chi connectivity index (χ0n) is 15.8. The molecule has 2 amide bonds. The molecule has 0 atom stereocenters. The molecule has 1 aromatic carbocycles. The van der Waals surface area contributed by atoms with Gasteiger partial charge in [0.1, 0.15) is 5.75 Å². The van der Waals surface area contributed by atoms with Crippen LogP contribution in [0.15, 0.2) is 18.2 Å². The molecule has 0 unspecified atom stereocenters. The van der Waals surface area contributed by atoms with Crippen molar-refractivity contribution < 1.29 is 14.3 Å². The summed E-state index contributed by atoms with van der Waals surface area (Å²) in [7, 11) is 0. The van der Waals surface area contributed by atoms with Crippen molar-refractivity contribution in [3.63, 3.8) is 0 Å². The largest absolute Gasteiger partial charge is 0.493 e. The number of hydrogen-bond donors (Lipinski definition) is 1. The Hall–Kier alpha value is -2.08. The average Bonchev–Trinajstić information content (AvgIpc) is 3.42. The van der Waals surface area contributed by atoms with Crippen LogP contribution < -0.4 is 10.1 Å². The van der Waals surface area contributed by atoms with E-state index in [1.54, 1.807) is 0 Å². The van der Waals surface area contributed by atoms with Gasteiger partial charge in [-0.1, -0.05) is 6.07 Å². The summed E-state index contributed by atoms with van der Waals surface area (Å²) in [6.07, 6.45) is 2.60. The van der Waals surface area contributed by atoms with Crippen molar-refractivity contribution in [1.29, 1.82) is 0 Å². The normalized spacial score (nSPS) is 17.8. The third kappa shape index (κ3) is 5.46. The summed E-state index contributed by atoms with van der Waals surface area (Å²) in [6.45, 7) is 7.82. The Bertz CT molecular complexity index is 650. The number of nitrogens with one attached hydrogen (secondary N) is 1. The second-order valence-electron chi connectivity index (χ2n) is 7.34. The third-order valence-corrected chi connectivity index (χ3v) is 5.10. The fourth-order valence-corrected chi connectivity index (χ4v) is 3.08. The van der Waals surface area contributed by atoms with Crippen molar-refractivity contribution >= 4 is 11.8 Å². The molecule has 6 heteroatoms. The lowest BCUT2D eigenvalue weighted by Crippen LogP contribution is -2.51. The zero-order valence-corrected chi connectivity index (χ0v) is 15.8. The minimum absolute atomic E-state index is 0.106. The summed E-state index contributed by atoms with van der Waals surface area (Å²) in [5, 5.41) is 3.01. The molecule has 26 heavy (non-hydrogen) atoms. The topological polar surface area (TPSA) is 61.9 Å². The molecule has 0 spiro atoms. The van der Waals surface area contributed by atoms with Gasteiger partial charge in [0.25, 0.3) is 0 Å². The van der Waals surface area contributed by atoms with Gasteiger partial charge in [-0.15, -0.1) is 0 Å². The van der Waals surface area contributed by atoms with Gasteiger partial charge in [-0.25, -0.2) is 0 Å². The Morgan fingerprint density at radius 3 is 2.50 bits per heavy atom. The lowest BCUT2D eigenvalue weighted by molar-refractivity contribution is -0.133. The Morgan fingerprint density at radius 1 is 1.12 bits per heavy atom. The second kappa shape index (κ2) is 8.54. The SMILES string of the molecule is Cc1ccc(OCCC(=O)N2CCN(CC(=O)NC3CC3)CC2)cc1C. The summed E-state index contributed by atoms with van der Waals surface area (Å²) >= 11 is 0. The highest BCUT2D eigenvalue weighted by Gasteiger charge is 2.26. The highest BCUT2D eigenvalue weighted by molar-refractivity contribution is 5.79. The third-order valence-electron chi connectivity index (χ3n) is 5.10. The van der Waals surface area contributed by atoms with E-state index in [0.717, 1.165) is 31.7 Å². The van der Waals surface area contributed by atoms with Crippen molar-refractivity contribution in [3.05, 3.63) is 29.3 Å². The van der Waals surface area contributed by atoms with Crippen LogP contribution in [0.4, 0.5) is 0 Å². The van der Waals surface area contributed by atoms with Crippen LogP contribution in [0.1, 0.15) is 30.4 Å². The highest BCUT2D eigenvalue weighted by Crippen LogP contribution is 2.18. The van der Waals surface area contributed by atoms with Gasteiger partial charge in [0.15, 0.2) is 0 Å². The molecular weight excluding hydrogens is 330 g/mol.